The number of nitrogens with two attached hydrogens (primary N) is 1. The molecule has 2 nitrogen and oxygen atoms in total. The molecule has 16 heavy (non-hydrogen) atoms. The second kappa shape index (κ2) is 6.45. The zero-order valence-electron chi connectivity index (χ0n) is 10.5. The third-order valence-electron chi connectivity index (χ3n) is 2.88. The van der Waals surface area contributed by atoms with Crippen LogP contribution in [-0.2, 0) is 0 Å². The molecule has 5 heteroatoms. The molecule has 2 N–H and O–H groups in total. The summed E-state index contributed by atoms with van der Waals surface area (Å²) in [5.74, 6) is 0.253. The van der Waals surface area contributed by atoms with Crippen molar-refractivity contribution in [3.05, 3.63) is 0 Å². The molecule has 0 aliphatic rings. The first-order valence-electron chi connectivity index (χ1n) is 5.80. The lowest BCUT2D eigenvalue weighted by Crippen LogP contribution is -2.55. The van der Waals surface area contributed by atoms with Crippen molar-refractivity contribution < 1.29 is 13.2 Å². The van der Waals surface area contributed by atoms with Gasteiger partial charge in [-0.1, -0.05) is 27.2 Å². The number of hydrogen-bond acceptors (Lipinski definition) is 2. The van der Waals surface area contributed by atoms with Crippen LogP contribution in [0.3, 0.4) is 0 Å². The smallest absolute Gasteiger partial charge is 0.326 e. The lowest BCUT2D eigenvalue weighted by atomic mass is 10.0. The van der Waals surface area contributed by atoms with Crippen LogP contribution in [0.4, 0.5) is 13.2 Å². The van der Waals surface area contributed by atoms with Crippen LogP contribution < -0.4 is 5.73 Å². The lowest BCUT2D eigenvalue weighted by molar-refractivity contribution is -0.189. The largest absolute Gasteiger partial charge is 0.405 e. The van der Waals surface area contributed by atoms with E-state index < -0.39 is 18.3 Å². The summed E-state index contributed by atoms with van der Waals surface area (Å²) in [7, 11) is 0. The minimum absolute atomic E-state index is 0.253. The second-order valence-electron chi connectivity index (χ2n) is 4.45. The summed E-state index contributed by atoms with van der Waals surface area (Å²) in [6.45, 7) is 7.90. The van der Waals surface area contributed by atoms with Crippen molar-refractivity contribution in [1.82, 2.24) is 4.90 Å². The topological polar surface area (TPSA) is 29.3 Å². The molecule has 0 aliphatic heterocycles. The van der Waals surface area contributed by atoms with E-state index in [0.717, 1.165) is 6.42 Å². The van der Waals surface area contributed by atoms with Crippen LogP contribution in [0.15, 0.2) is 0 Å². The Morgan fingerprint density at radius 3 is 1.94 bits per heavy atom. The van der Waals surface area contributed by atoms with Crippen molar-refractivity contribution >= 4 is 0 Å². The van der Waals surface area contributed by atoms with E-state index in [-0.39, 0.29) is 5.92 Å². The van der Waals surface area contributed by atoms with E-state index in [4.69, 9.17) is 5.73 Å². The average Bonchev–Trinajstić information content (AvgIpc) is 2.13. The number of rotatable bonds is 6. The fourth-order valence-corrected chi connectivity index (χ4v) is 1.81. The third kappa shape index (κ3) is 4.70. The molecule has 0 aromatic heterocycles. The summed E-state index contributed by atoms with van der Waals surface area (Å²) in [6, 6.07) is -2.43. The molecule has 3 unspecified atom stereocenters. The Balaban J connectivity index is 4.73. The quantitative estimate of drug-likeness (QED) is 0.773. The number of hydrogen-bond donors (Lipinski definition) is 1. The predicted molar refractivity (Wildman–Crippen MR) is 60.2 cm³/mol. The first kappa shape index (κ1) is 15.7. The van der Waals surface area contributed by atoms with Gasteiger partial charge in [0.15, 0.2) is 0 Å². The summed E-state index contributed by atoms with van der Waals surface area (Å²) < 4.78 is 38.5. The zero-order valence-corrected chi connectivity index (χ0v) is 10.5. The Labute approximate surface area is 96.0 Å². The van der Waals surface area contributed by atoms with E-state index in [1.54, 1.807) is 6.92 Å². The Morgan fingerprint density at radius 2 is 1.69 bits per heavy atom. The summed E-state index contributed by atoms with van der Waals surface area (Å²) in [5, 5.41) is 0. The molecule has 0 heterocycles. The number of likely N-dealkylation sites (N-methyl/N-ethyl adjacent to an activating group) is 1. The highest BCUT2D eigenvalue weighted by Gasteiger charge is 2.45. The van der Waals surface area contributed by atoms with Crippen molar-refractivity contribution in [1.29, 1.82) is 0 Å². The van der Waals surface area contributed by atoms with Crippen LogP contribution in [0, 0.1) is 5.92 Å². The third-order valence-corrected chi connectivity index (χ3v) is 2.88. The Bertz CT molecular complexity index is 192. The molecular formula is C11H23F3N2. The molecule has 0 aromatic rings. The summed E-state index contributed by atoms with van der Waals surface area (Å²) in [5.41, 5.74) is 5.45. The van der Waals surface area contributed by atoms with Crippen LogP contribution in [0.5, 0.6) is 0 Å². The van der Waals surface area contributed by atoms with Gasteiger partial charge in [-0.05, 0) is 19.4 Å². The van der Waals surface area contributed by atoms with E-state index in [1.165, 1.54) is 11.8 Å². The van der Waals surface area contributed by atoms with Gasteiger partial charge in [0.25, 0.3) is 0 Å². The van der Waals surface area contributed by atoms with Gasteiger partial charge in [-0.25, -0.2) is 0 Å². The van der Waals surface area contributed by atoms with Crippen LogP contribution in [0.25, 0.3) is 0 Å². The van der Waals surface area contributed by atoms with Crippen molar-refractivity contribution in [2.45, 2.75) is 52.4 Å². The fourth-order valence-electron chi connectivity index (χ4n) is 1.81. The highest BCUT2D eigenvalue weighted by atomic mass is 19.4. The normalized spacial score (nSPS) is 18.6. The standard InChI is InChI=1S/C11H23F3N2/c1-5-8(3)7-16(6-2)10(9(4)15)11(12,13)14/h8-10H,5-7,15H2,1-4H3. The lowest BCUT2D eigenvalue weighted by Gasteiger charge is -2.36. The van der Waals surface area contributed by atoms with Gasteiger partial charge in [-0.3, -0.25) is 4.90 Å². The molecule has 0 fully saturated rings. The summed E-state index contributed by atoms with van der Waals surface area (Å²) in [4.78, 5) is 1.43. The molecule has 3 atom stereocenters. The van der Waals surface area contributed by atoms with Crippen LogP contribution in [0.2, 0.25) is 0 Å². The molecule has 0 bridgehead atoms. The maximum absolute atomic E-state index is 12.8. The van der Waals surface area contributed by atoms with Gasteiger partial charge in [-0.15, -0.1) is 0 Å². The number of alkyl halides is 3. The molecule has 0 rings (SSSR count). The van der Waals surface area contributed by atoms with Gasteiger partial charge in [-0.2, -0.15) is 13.2 Å². The van der Waals surface area contributed by atoms with E-state index in [0.29, 0.717) is 13.1 Å². The predicted octanol–water partition coefficient (Wildman–Crippen LogP) is 2.63. The molecule has 0 spiro atoms. The van der Waals surface area contributed by atoms with E-state index in [1.807, 2.05) is 13.8 Å². The average molecular weight is 240 g/mol. The van der Waals surface area contributed by atoms with Crippen LogP contribution in [-0.4, -0.2) is 36.2 Å². The zero-order chi connectivity index (χ0) is 12.9. The van der Waals surface area contributed by atoms with Gasteiger partial charge in [0.2, 0.25) is 0 Å². The molecule has 0 saturated heterocycles. The van der Waals surface area contributed by atoms with Crippen LogP contribution >= 0.6 is 0 Å². The van der Waals surface area contributed by atoms with Gasteiger partial charge >= 0.3 is 6.18 Å². The van der Waals surface area contributed by atoms with Crippen molar-refractivity contribution in [3.8, 4) is 0 Å². The number of nitrogens with zero attached hydrogens (tertiary/aromatic N) is 1. The molecule has 0 aromatic carbocycles. The molecule has 98 valence electrons. The van der Waals surface area contributed by atoms with Gasteiger partial charge in [0.05, 0.1) is 0 Å². The van der Waals surface area contributed by atoms with Crippen molar-refractivity contribution in [2.75, 3.05) is 13.1 Å². The van der Waals surface area contributed by atoms with E-state index in [2.05, 4.69) is 0 Å². The minimum Gasteiger partial charge on any atom is -0.326 e. The Hall–Kier alpha value is -0.290. The van der Waals surface area contributed by atoms with E-state index >= 15 is 0 Å². The maximum Gasteiger partial charge on any atom is 0.405 e. The van der Waals surface area contributed by atoms with Gasteiger partial charge in [0.1, 0.15) is 6.04 Å². The Kier molecular flexibility index (Phi) is 6.33. The minimum atomic E-state index is -4.25. The summed E-state index contributed by atoms with van der Waals surface area (Å²) >= 11 is 0. The Morgan fingerprint density at radius 1 is 1.19 bits per heavy atom. The second-order valence-corrected chi connectivity index (χ2v) is 4.45. The molecule has 0 radical (unpaired) electrons. The molecular weight excluding hydrogens is 217 g/mol. The first-order valence-corrected chi connectivity index (χ1v) is 5.80. The molecule has 0 amide bonds. The maximum atomic E-state index is 12.8. The highest BCUT2D eigenvalue weighted by Crippen LogP contribution is 2.27. The molecule has 0 saturated carbocycles. The SMILES string of the molecule is CCC(C)CN(CC)C(C(C)N)C(F)(F)F. The molecule has 0 aliphatic carbocycles. The highest BCUT2D eigenvalue weighted by molar-refractivity contribution is 4.85. The number of halogens is 3. The van der Waals surface area contributed by atoms with E-state index in [9.17, 15) is 13.2 Å². The van der Waals surface area contributed by atoms with Gasteiger partial charge < -0.3 is 5.73 Å². The van der Waals surface area contributed by atoms with Crippen molar-refractivity contribution in [3.63, 3.8) is 0 Å². The van der Waals surface area contributed by atoms with Crippen molar-refractivity contribution in [2.24, 2.45) is 11.7 Å². The van der Waals surface area contributed by atoms with Gasteiger partial charge in [0, 0.05) is 12.6 Å². The fraction of sp³-hybridized carbons (Fsp3) is 1.00. The first-order chi connectivity index (χ1) is 7.23. The monoisotopic (exact) mass is 240 g/mol. The summed E-state index contributed by atoms with van der Waals surface area (Å²) in [6.07, 6.45) is -3.38. The van der Waals surface area contributed by atoms with Crippen LogP contribution in [0.1, 0.15) is 34.1 Å².